The number of guanidine groups is 1. The van der Waals surface area contributed by atoms with Crippen LogP contribution in [0.5, 0.6) is 0 Å². The van der Waals surface area contributed by atoms with Crippen molar-refractivity contribution in [3.8, 4) is 0 Å². The molecule has 6 heteroatoms. The molecule has 0 aromatic carbocycles. The molecule has 1 heterocycles. The molecule has 0 aliphatic rings. The number of halogens is 1. The molecule has 1 aromatic heterocycles. The van der Waals surface area contributed by atoms with E-state index in [1.165, 1.54) is 5.56 Å². The van der Waals surface area contributed by atoms with Gasteiger partial charge in [0.25, 0.3) is 0 Å². The van der Waals surface area contributed by atoms with Gasteiger partial charge in [0.05, 0.1) is 6.20 Å². The average Bonchev–Trinajstić information content (AvgIpc) is 2.70. The van der Waals surface area contributed by atoms with Gasteiger partial charge in [0.15, 0.2) is 5.96 Å². The van der Waals surface area contributed by atoms with Crippen LogP contribution in [-0.2, 0) is 13.5 Å². The maximum Gasteiger partial charge on any atom is 0.191 e. The highest BCUT2D eigenvalue weighted by atomic mass is 127. The quantitative estimate of drug-likeness (QED) is 0.344. The van der Waals surface area contributed by atoms with E-state index < -0.39 is 0 Å². The summed E-state index contributed by atoms with van der Waals surface area (Å²) in [7, 11) is 1.94. The SMILES string of the molecule is CCNC(=NCCCc1cnn(C)c1)NC(C)C.I. The zero-order valence-corrected chi connectivity index (χ0v) is 14.6. The second-order valence-electron chi connectivity index (χ2n) is 4.69. The molecule has 2 N–H and O–H groups in total. The van der Waals surface area contributed by atoms with Crippen LogP contribution < -0.4 is 10.6 Å². The largest absolute Gasteiger partial charge is 0.357 e. The number of hydrogen-bond acceptors (Lipinski definition) is 2. The van der Waals surface area contributed by atoms with Crippen LogP contribution >= 0.6 is 24.0 Å². The monoisotopic (exact) mass is 379 g/mol. The van der Waals surface area contributed by atoms with Gasteiger partial charge < -0.3 is 10.6 Å². The number of hydrogen-bond donors (Lipinski definition) is 2. The Balaban J connectivity index is 0.00000324. The van der Waals surface area contributed by atoms with Crippen molar-refractivity contribution in [2.24, 2.45) is 12.0 Å². The molecule has 1 rings (SSSR count). The Morgan fingerprint density at radius 1 is 1.47 bits per heavy atom. The lowest BCUT2D eigenvalue weighted by Gasteiger charge is -2.13. The first kappa shape index (κ1) is 18.2. The Bertz CT molecular complexity index is 373. The van der Waals surface area contributed by atoms with E-state index in [2.05, 4.69) is 47.7 Å². The summed E-state index contributed by atoms with van der Waals surface area (Å²) in [5.41, 5.74) is 1.27. The molecule has 1 aromatic rings. The summed E-state index contributed by atoms with van der Waals surface area (Å²) in [5, 5.41) is 10.7. The third-order valence-corrected chi connectivity index (χ3v) is 2.42. The van der Waals surface area contributed by atoms with Crippen molar-refractivity contribution in [2.75, 3.05) is 13.1 Å². The van der Waals surface area contributed by atoms with E-state index in [1.54, 1.807) is 0 Å². The van der Waals surface area contributed by atoms with E-state index in [-0.39, 0.29) is 24.0 Å². The number of aryl methyl sites for hydroxylation is 2. The number of nitrogens with one attached hydrogen (secondary N) is 2. The fourth-order valence-electron chi connectivity index (χ4n) is 1.67. The highest BCUT2D eigenvalue weighted by Gasteiger charge is 1.99. The van der Waals surface area contributed by atoms with Crippen molar-refractivity contribution >= 4 is 29.9 Å². The summed E-state index contributed by atoms with van der Waals surface area (Å²) in [5.74, 6) is 0.902. The van der Waals surface area contributed by atoms with Crippen LogP contribution in [0.25, 0.3) is 0 Å². The first-order valence-electron chi connectivity index (χ1n) is 6.64. The molecule has 0 aliphatic carbocycles. The van der Waals surface area contributed by atoms with Crippen LogP contribution in [0.1, 0.15) is 32.8 Å². The second kappa shape index (κ2) is 10.1. The predicted molar refractivity (Wildman–Crippen MR) is 91.2 cm³/mol. The normalized spacial score (nSPS) is 11.3. The summed E-state index contributed by atoms with van der Waals surface area (Å²) in [6.07, 6.45) is 6.04. The zero-order valence-electron chi connectivity index (χ0n) is 12.3. The highest BCUT2D eigenvalue weighted by Crippen LogP contribution is 2.00. The van der Waals surface area contributed by atoms with Crippen molar-refractivity contribution < 1.29 is 0 Å². The van der Waals surface area contributed by atoms with Gasteiger partial charge in [-0.3, -0.25) is 9.67 Å². The van der Waals surface area contributed by atoms with Gasteiger partial charge in [-0.05, 0) is 39.2 Å². The van der Waals surface area contributed by atoms with Gasteiger partial charge in [0.1, 0.15) is 0 Å². The summed E-state index contributed by atoms with van der Waals surface area (Å²) >= 11 is 0. The second-order valence-corrected chi connectivity index (χ2v) is 4.69. The first-order chi connectivity index (χ1) is 8.61. The van der Waals surface area contributed by atoms with Gasteiger partial charge in [-0.25, -0.2) is 0 Å². The highest BCUT2D eigenvalue weighted by molar-refractivity contribution is 14.0. The number of nitrogens with zero attached hydrogens (tertiary/aromatic N) is 3. The van der Waals surface area contributed by atoms with Crippen LogP contribution in [0.4, 0.5) is 0 Å². The Morgan fingerprint density at radius 2 is 2.21 bits per heavy atom. The lowest BCUT2D eigenvalue weighted by molar-refractivity contribution is 0.696. The molecule has 0 spiro atoms. The first-order valence-corrected chi connectivity index (χ1v) is 6.64. The van der Waals surface area contributed by atoms with Gasteiger partial charge in [0.2, 0.25) is 0 Å². The molecule has 0 saturated heterocycles. The summed E-state index contributed by atoms with van der Waals surface area (Å²) in [6.45, 7) is 8.02. The topological polar surface area (TPSA) is 54.2 Å². The van der Waals surface area contributed by atoms with Gasteiger partial charge in [-0.15, -0.1) is 24.0 Å². The standard InChI is InChI=1S/C13H25N5.HI/c1-5-14-13(17-11(2)3)15-8-6-7-12-9-16-18(4)10-12;/h9-11H,5-8H2,1-4H3,(H2,14,15,17);1H. The molecule has 0 aliphatic heterocycles. The van der Waals surface area contributed by atoms with Gasteiger partial charge in [0, 0.05) is 32.4 Å². The van der Waals surface area contributed by atoms with E-state index in [1.807, 2.05) is 17.9 Å². The van der Waals surface area contributed by atoms with Gasteiger partial charge in [-0.1, -0.05) is 0 Å². The number of rotatable bonds is 6. The zero-order chi connectivity index (χ0) is 13.4. The molecule has 0 radical (unpaired) electrons. The molecule has 0 bridgehead atoms. The van der Waals surface area contributed by atoms with Gasteiger partial charge in [-0.2, -0.15) is 5.10 Å². The van der Waals surface area contributed by atoms with Crippen LogP contribution in [0.3, 0.4) is 0 Å². The molecular formula is C13H26IN5. The molecule has 5 nitrogen and oxygen atoms in total. The minimum atomic E-state index is 0. The number of aromatic nitrogens is 2. The van der Waals surface area contributed by atoms with Crippen molar-refractivity contribution in [2.45, 2.75) is 39.7 Å². The number of aliphatic imine (C=N–C) groups is 1. The third kappa shape index (κ3) is 8.07. The Labute approximate surface area is 133 Å². The molecule has 0 fully saturated rings. The fraction of sp³-hybridized carbons (Fsp3) is 0.692. The fourth-order valence-corrected chi connectivity index (χ4v) is 1.67. The van der Waals surface area contributed by atoms with E-state index in [0.717, 1.165) is 31.9 Å². The summed E-state index contributed by atoms with van der Waals surface area (Å²) < 4.78 is 1.84. The van der Waals surface area contributed by atoms with Crippen molar-refractivity contribution in [1.82, 2.24) is 20.4 Å². The molecule has 0 unspecified atom stereocenters. The molecule has 0 saturated carbocycles. The molecular weight excluding hydrogens is 353 g/mol. The molecule has 110 valence electrons. The Morgan fingerprint density at radius 3 is 2.74 bits per heavy atom. The maximum absolute atomic E-state index is 4.54. The lowest BCUT2D eigenvalue weighted by Crippen LogP contribution is -2.41. The summed E-state index contributed by atoms with van der Waals surface area (Å²) in [6, 6.07) is 0.404. The van der Waals surface area contributed by atoms with Gasteiger partial charge >= 0.3 is 0 Å². The minimum absolute atomic E-state index is 0. The predicted octanol–water partition coefficient (Wildman–Crippen LogP) is 1.93. The lowest BCUT2D eigenvalue weighted by atomic mass is 10.2. The summed E-state index contributed by atoms with van der Waals surface area (Å²) in [4.78, 5) is 4.54. The van der Waals surface area contributed by atoms with E-state index in [4.69, 9.17) is 0 Å². The van der Waals surface area contributed by atoms with E-state index in [9.17, 15) is 0 Å². The minimum Gasteiger partial charge on any atom is -0.357 e. The van der Waals surface area contributed by atoms with E-state index in [0.29, 0.717) is 6.04 Å². The smallest absolute Gasteiger partial charge is 0.191 e. The van der Waals surface area contributed by atoms with Crippen molar-refractivity contribution in [1.29, 1.82) is 0 Å². The molecule has 0 amide bonds. The Kier molecular flexibility index (Phi) is 9.63. The molecule has 19 heavy (non-hydrogen) atoms. The van der Waals surface area contributed by atoms with Crippen LogP contribution in [0, 0.1) is 0 Å². The van der Waals surface area contributed by atoms with Crippen molar-refractivity contribution in [3.63, 3.8) is 0 Å². The maximum atomic E-state index is 4.54. The van der Waals surface area contributed by atoms with Crippen LogP contribution in [0.15, 0.2) is 17.4 Å². The van der Waals surface area contributed by atoms with Crippen LogP contribution in [-0.4, -0.2) is 34.9 Å². The van der Waals surface area contributed by atoms with Crippen LogP contribution in [0.2, 0.25) is 0 Å². The average molecular weight is 379 g/mol. The van der Waals surface area contributed by atoms with E-state index >= 15 is 0 Å². The third-order valence-electron chi connectivity index (χ3n) is 2.42. The molecule has 0 atom stereocenters. The van der Waals surface area contributed by atoms with Crippen molar-refractivity contribution in [3.05, 3.63) is 18.0 Å². The Hall–Kier alpha value is -0.790.